The molecule has 6 heteroatoms. The van der Waals surface area contributed by atoms with Crippen LogP contribution in [0, 0.1) is 5.82 Å². The van der Waals surface area contributed by atoms with E-state index in [9.17, 15) is 14.3 Å². The molecule has 0 unspecified atom stereocenters. The summed E-state index contributed by atoms with van der Waals surface area (Å²) < 4.78 is 19.6. The topological polar surface area (TPSA) is 64.3 Å². The summed E-state index contributed by atoms with van der Waals surface area (Å²) in [6, 6.07) is 3.74. The standard InChI is InChI=1S/C15H17FN2O3/c1-15(2,3)21-14(20)9-18-8-10(7-17-18)12-5-4-11(16)6-13(12)19/h4-8,19H,9H2,1-3H3. The Kier molecular flexibility index (Phi) is 3.97. The van der Waals surface area contributed by atoms with E-state index in [-0.39, 0.29) is 12.3 Å². The number of carbonyl (C=O) groups excluding carboxylic acids is 1. The first kappa shape index (κ1) is 15.0. The van der Waals surface area contributed by atoms with Crippen molar-refractivity contribution in [3.8, 4) is 16.9 Å². The number of aromatic hydroxyl groups is 1. The predicted octanol–water partition coefficient (Wildman–Crippen LogP) is 2.74. The molecule has 0 aliphatic rings. The lowest BCUT2D eigenvalue weighted by atomic mass is 10.1. The number of hydrogen-bond acceptors (Lipinski definition) is 4. The zero-order valence-electron chi connectivity index (χ0n) is 12.1. The van der Waals surface area contributed by atoms with E-state index in [1.165, 1.54) is 23.0 Å². The van der Waals surface area contributed by atoms with Crippen LogP contribution >= 0.6 is 0 Å². The third-order valence-electron chi connectivity index (χ3n) is 2.62. The quantitative estimate of drug-likeness (QED) is 0.883. The molecule has 2 aromatic rings. The lowest BCUT2D eigenvalue weighted by molar-refractivity contribution is -0.155. The second-order valence-electron chi connectivity index (χ2n) is 5.67. The maximum absolute atomic E-state index is 13.0. The molecule has 112 valence electrons. The van der Waals surface area contributed by atoms with Crippen LogP contribution in [0.1, 0.15) is 20.8 Å². The Balaban J connectivity index is 2.13. The highest BCUT2D eigenvalue weighted by Gasteiger charge is 2.17. The van der Waals surface area contributed by atoms with Crippen molar-refractivity contribution in [2.75, 3.05) is 0 Å². The molecule has 0 bridgehead atoms. The Labute approximate surface area is 122 Å². The molecule has 0 saturated carbocycles. The minimum Gasteiger partial charge on any atom is -0.507 e. The number of hydrogen-bond donors (Lipinski definition) is 1. The third-order valence-corrected chi connectivity index (χ3v) is 2.62. The zero-order valence-corrected chi connectivity index (χ0v) is 12.1. The lowest BCUT2D eigenvalue weighted by Gasteiger charge is -2.19. The molecule has 0 aliphatic carbocycles. The summed E-state index contributed by atoms with van der Waals surface area (Å²) in [4.78, 5) is 11.7. The van der Waals surface area contributed by atoms with Crippen LogP contribution in [-0.2, 0) is 16.1 Å². The van der Waals surface area contributed by atoms with E-state index in [4.69, 9.17) is 4.74 Å². The second kappa shape index (κ2) is 5.55. The van der Waals surface area contributed by atoms with E-state index in [1.807, 2.05) is 0 Å². The molecule has 1 N–H and O–H groups in total. The Morgan fingerprint density at radius 1 is 1.43 bits per heavy atom. The number of halogens is 1. The van der Waals surface area contributed by atoms with Gasteiger partial charge in [0.05, 0.1) is 6.20 Å². The molecule has 0 spiro atoms. The average molecular weight is 292 g/mol. The van der Waals surface area contributed by atoms with Gasteiger partial charge >= 0.3 is 5.97 Å². The molecule has 1 aromatic heterocycles. The summed E-state index contributed by atoms with van der Waals surface area (Å²) in [5.41, 5.74) is 0.491. The fourth-order valence-corrected chi connectivity index (χ4v) is 1.84. The van der Waals surface area contributed by atoms with Gasteiger partial charge in [0.1, 0.15) is 23.7 Å². The van der Waals surface area contributed by atoms with Gasteiger partial charge in [-0.3, -0.25) is 9.48 Å². The Bertz CT molecular complexity index is 659. The molecule has 0 amide bonds. The molecule has 0 saturated heterocycles. The predicted molar refractivity (Wildman–Crippen MR) is 75.1 cm³/mol. The van der Waals surface area contributed by atoms with Crippen LogP contribution in [0.15, 0.2) is 30.6 Å². The lowest BCUT2D eigenvalue weighted by Crippen LogP contribution is -2.26. The number of ether oxygens (including phenoxy) is 1. The first-order valence-corrected chi connectivity index (χ1v) is 6.48. The highest BCUT2D eigenvalue weighted by atomic mass is 19.1. The van der Waals surface area contributed by atoms with Crippen molar-refractivity contribution in [3.05, 3.63) is 36.4 Å². The number of esters is 1. The van der Waals surface area contributed by atoms with Crippen molar-refractivity contribution < 1.29 is 19.0 Å². The van der Waals surface area contributed by atoms with Crippen LogP contribution in [0.5, 0.6) is 5.75 Å². The van der Waals surface area contributed by atoms with Gasteiger partial charge in [-0.25, -0.2) is 4.39 Å². The number of carbonyl (C=O) groups is 1. The molecule has 21 heavy (non-hydrogen) atoms. The first-order chi connectivity index (χ1) is 9.74. The summed E-state index contributed by atoms with van der Waals surface area (Å²) in [5, 5.41) is 13.8. The molecule has 0 aliphatic heterocycles. The number of rotatable bonds is 3. The van der Waals surface area contributed by atoms with Crippen LogP contribution in [0.2, 0.25) is 0 Å². The van der Waals surface area contributed by atoms with Crippen molar-refractivity contribution in [1.29, 1.82) is 0 Å². The molecule has 1 heterocycles. The summed E-state index contributed by atoms with van der Waals surface area (Å²) in [6.07, 6.45) is 3.09. The van der Waals surface area contributed by atoms with Crippen LogP contribution in [0.3, 0.4) is 0 Å². The van der Waals surface area contributed by atoms with Crippen molar-refractivity contribution in [2.45, 2.75) is 32.9 Å². The summed E-state index contributed by atoms with van der Waals surface area (Å²) >= 11 is 0. The summed E-state index contributed by atoms with van der Waals surface area (Å²) in [6.45, 7) is 5.33. The van der Waals surface area contributed by atoms with Gasteiger partial charge in [0, 0.05) is 23.4 Å². The fourth-order valence-electron chi connectivity index (χ4n) is 1.84. The van der Waals surface area contributed by atoms with Crippen LogP contribution < -0.4 is 0 Å². The Morgan fingerprint density at radius 3 is 2.76 bits per heavy atom. The van der Waals surface area contributed by atoms with Gasteiger partial charge in [-0.15, -0.1) is 0 Å². The number of phenols is 1. The fraction of sp³-hybridized carbons (Fsp3) is 0.333. The maximum Gasteiger partial charge on any atom is 0.328 e. The van der Waals surface area contributed by atoms with Crippen LogP contribution in [0.4, 0.5) is 4.39 Å². The van der Waals surface area contributed by atoms with Gasteiger partial charge in [0.15, 0.2) is 0 Å². The van der Waals surface area contributed by atoms with Gasteiger partial charge < -0.3 is 9.84 Å². The largest absolute Gasteiger partial charge is 0.507 e. The molecule has 0 fully saturated rings. The number of nitrogens with zero attached hydrogens (tertiary/aromatic N) is 2. The van der Waals surface area contributed by atoms with Gasteiger partial charge in [0.25, 0.3) is 0 Å². The third kappa shape index (κ3) is 4.05. The molecule has 0 radical (unpaired) electrons. The van der Waals surface area contributed by atoms with Crippen molar-refractivity contribution in [1.82, 2.24) is 9.78 Å². The van der Waals surface area contributed by atoms with E-state index >= 15 is 0 Å². The first-order valence-electron chi connectivity index (χ1n) is 6.48. The Hall–Kier alpha value is -2.37. The smallest absolute Gasteiger partial charge is 0.328 e. The van der Waals surface area contributed by atoms with Gasteiger partial charge in [-0.1, -0.05) is 0 Å². The van der Waals surface area contributed by atoms with Crippen LogP contribution in [0.25, 0.3) is 11.1 Å². The van der Waals surface area contributed by atoms with Crippen LogP contribution in [-0.4, -0.2) is 26.5 Å². The molecule has 0 atom stereocenters. The molecule has 1 aromatic carbocycles. The second-order valence-corrected chi connectivity index (χ2v) is 5.67. The normalized spacial score (nSPS) is 11.4. The monoisotopic (exact) mass is 292 g/mol. The SMILES string of the molecule is CC(C)(C)OC(=O)Cn1cc(-c2ccc(F)cc2O)cn1. The van der Waals surface area contributed by atoms with E-state index in [0.717, 1.165) is 6.07 Å². The van der Waals surface area contributed by atoms with E-state index < -0.39 is 17.4 Å². The van der Waals surface area contributed by atoms with Crippen molar-refractivity contribution >= 4 is 5.97 Å². The summed E-state index contributed by atoms with van der Waals surface area (Å²) in [7, 11) is 0. The van der Waals surface area contributed by atoms with Gasteiger partial charge in [0.2, 0.25) is 0 Å². The summed E-state index contributed by atoms with van der Waals surface area (Å²) in [5.74, 6) is -1.09. The maximum atomic E-state index is 13.0. The average Bonchev–Trinajstić information content (AvgIpc) is 2.74. The van der Waals surface area contributed by atoms with Crippen molar-refractivity contribution in [3.63, 3.8) is 0 Å². The van der Waals surface area contributed by atoms with Gasteiger partial charge in [-0.2, -0.15) is 5.10 Å². The molecule has 5 nitrogen and oxygen atoms in total. The highest BCUT2D eigenvalue weighted by molar-refractivity contribution is 5.71. The number of aromatic nitrogens is 2. The number of benzene rings is 1. The van der Waals surface area contributed by atoms with E-state index in [1.54, 1.807) is 27.0 Å². The molecular formula is C15H17FN2O3. The zero-order chi connectivity index (χ0) is 15.6. The molecular weight excluding hydrogens is 275 g/mol. The molecule has 2 rings (SSSR count). The van der Waals surface area contributed by atoms with Crippen molar-refractivity contribution in [2.24, 2.45) is 0 Å². The van der Waals surface area contributed by atoms with E-state index in [2.05, 4.69) is 5.10 Å². The Morgan fingerprint density at radius 2 is 2.14 bits per heavy atom. The minimum atomic E-state index is -0.553. The number of phenolic OH excluding ortho intramolecular Hbond substituents is 1. The van der Waals surface area contributed by atoms with Gasteiger partial charge in [-0.05, 0) is 32.9 Å². The highest BCUT2D eigenvalue weighted by Crippen LogP contribution is 2.29. The minimum absolute atomic E-state index is 0.0285. The van der Waals surface area contributed by atoms with E-state index in [0.29, 0.717) is 11.1 Å².